The maximum atomic E-state index is 11.3. The Hall–Kier alpha value is -1.51. The highest BCUT2D eigenvalue weighted by molar-refractivity contribution is 5.70. The van der Waals surface area contributed by atoms with Gasteiger partial charge < -0.3 is 10.5 Å². The lowest BCUT2D eigenvalue weighted by molar-refractivity contribution is -0.143. The molecule has 1 aromatic rings. The minimum Gasteiger partial charge on any atom is -0.466 e. The van der Waals surface area contributed by atoms with Crippen LogP contribution in [0.5, 0.6) is 0 Å². The van der Waals surface area contributed by atoms with Crippen LogP contribution in [0, 0.1) is 0 Å². The third-order valence-electron chi connectivity index (χ3n) is 2.41. The maximum absolute atomic E-state index is 11.3. The van der Waals surface area contributed by atoms with Crippen LogP contribution in [0.1, 0.15) is 31.7 Å². The second kappa shape index (κ2) is 6.88. The summed E-state index contributed by atoms with van der Waals surface area (Å²) in [5, 5.41) is 0. The summed E-state index contributed by atoms with van der Waals surface area (Å²) >= 11 is 0. The molecule has 0 aromatic heterocycles. The highest BCUT2D eigenvalue weighted by atomic mass is 16.5. The summed E-state index contributed by atoms with van der Waals surface area (Å²) in [5.74, 6) is -0.142. The van der Waals surface area contributed by atoms with Crippen LogP contribution in [0.2, 0.25) is 0 Å². The molecule has 0 aliphatic carbocycles. The third-order valence-corrected chi connectivity index (χ3v) is 2.41. The van der Waals surface area contributed by atoms with E-state index in [0.29, 0.717) is 19.4 Å². The van der Waals surface area contributed by atoms with Crippen molar-refractivity contribution >= 4 is 11.7 Å². The molecule has 3 heteroatoms. The van der Waals surface area contributed by atoms with Gasteiger partial charge in [0.2, 0.25) is 0 Å². The molecule has 3 nitrogen and oxygen atoms in total. The summed E-state index contributed by atoms with van der Waals surface area (Å²) in [4.78, 5) is 11.3. The number of rotatable bonds is 6. The Balaban J connectivity index is 2.29. The Morgan fingerprint density at radius 3 is 2.81 bits per heavy atom. The first-order chi connectivity index (χ1) is 7.74. The van der Waals surface area contributed by atoms with E-state index in [-0.39, 0.29) is 5.97 Å². The number of nitrogen functional groups attached to an aromatic ring is 1. The average molecular weight is 221 g/mol. The summed E-state index contributed by atoms with van der Waals surface area (Å²) in [6.45, 7) is 2.60. The SMILES string of the molecule is CCCCOC(=O)CCc1ccccc1N. The smallest absolute Gasteiger partial charge is 0.306 e. The van der Waals surface area contributed by atoms with Gasteiger partial charge in [-0.25, -0.2) is 0 Å². The van der Waals surface area contributed by atoms with Gasteiger partial charge in [0.15, 0.2) is 0 Å². The number of carbonyl (C=O) groups excluding carboxylic acids is 1. The predicted octanol–water partition coefficient (Wildman–Crippen LogP) is 2.54. The Kier molecular flexibility index (Phi) is 5.40. The standard InChI is InChI=1S/C13H19NO2/c1-2-3-10-16-13(15)9-8-11-6-4-5-7-12(11)14/h4-7H,2-3,8-10,14H2,1H3. The van der Waals surface area contributed by atoms with Crippen LogP contribution in [0.25, 0.3) is 0 Å². The largest absolute Gasteiger partial charge is 0.466 e. The molecule has 0 heterocycles. The summed E-state index contributed by atoms with van der Waals surface area (Å²) in [6.07, 6.45) is 3.02. The molecule has 0 amide bonds. The number of hydrogen-bond donors (Lipinski definition) is 1. The van der Waals surface area contributed by atoms with Gasteiger partial charge >= 0.3 is 5.97 Å². The van der Waals surface area contributed by atoms with Crippen LogP contribution in [-0.4, -0.2) is 12.6 Å². The van der Waals surface area contributed by atoms with Crippen molar-refractivity contribution in [1.29, 1.82) is 0 Å². The number of ether oxygens (including phenoxy) is 1. The van der Waals surface area contributed by atoms with E-state index in [0.717, 1.165) is 24.1 Å². The van der Waals surface area contributed by atoms with Crippen LogP contribution in [0.15, 0.2) is 24.3 Å². The molecule has 0 saturated heterocycles. The third kappa shape index (κ3) is 4.34. The lowest BCUT2D eigenvalue weighted by atomic mass is 10.1. The molecular weight excluding hydrogens is 202 g/mol. The van der Waals surface area contributed by atoms with Crippen molar-refractivity contribution in [3.05, 3.63) is 29.8 Å². The van der Waals surface area contributed by atoms with Crippen LogP contribution in [-0.2, 0) is 16.0 Å². The fraction of sp³-hybridized carbons (Fsp3) is 0.462. The number of carbonyl (C=O) groups is 1. The molecule has 0 fully saturated rings. The normalized spacial score (nSPS) is 10.1. The van der Waals surface area contributed by atoms with Gasteiger partial charge in [-0.15, -0.1) is 0 Å². The maximum Gasteiger partial charge on any atom is 0.306 e. The molecule has 0 bridgehead atoms. The van der Waals surface area contributed by atoms with Crippen molar-refractivity contribution in [2.24, 2.45) is 0 Å². The summed E-state index contributed by atoms with van der Waals surface area (Å²) in [7, 11) is 0. The lowest BCUT2D eigenvalue weighted by Gasteiger charge is -2.05. The zero-order valence-electron chi connectivity index (χ0n) is 9.74. The molecule has 2 N–H and O–H groups in total. The first kappa shape index (κ1) is 12.6. The second-order valence-electron chi connectivity index (χ2n) is 3.77. The fourth-order valence-corrected chi connectivity index (χ4v) is 1.40. The quantitative estimate of drug-likeness (QED) is 0.456. The number of para-hydroxylation sites is 1. The van der Waals surface area contributed by atoms with Gasteiger partial charge in [-0.2, -0.15) is 0 Å². The fourth-order valence-electron chi connectivity index (χ4n) is 1.40. The van der Waals surface area contributed by atoms with Crippen LogP contribution in [0.3, 0.4) is 0 Å². The minimum atomic E-state index is -0.142. The van der Waals surface area contributed by atoms with Gasteiger partial charge in [-0.1, -0.05) is 31.5 Å². The van der Waals surface area contributed by atoms with E-state index in [4.69, 9.17) is 10.5 Å². The zero-order chi connectivity index (χ0) is 11.8. The van der Waals surface area contributed by atoms with Gasteiger partial charge in [0.05, 0.1) is 6.61 Å². The Morgan fingerprint density at radius 1 is 1.38 bits per heavy atom. The molecule has 1 rings (SSSR count). The molecule has 0 aliphatic heterocycles. The van der Waals surface area contributed by atoms with Crippen molar-refractivity contribution in [3.63, 3.8) is 0 Å². The monoisotopic (exact) mass is 221 g/mol. The highest BCUT2D eigenvalue weighted by Gasteiger charge is 2.04. The molecule has 16 heavy (non-hydrogen) atoms. The van der Waals surface area contributed by atoms with E-state index >= 15 is 0 Å². The zero-order valence-corrected chi connectivity index (χ0v) is 9.74. The first-order valence-electron chi connectivity index (χ1n) is 5.73. The van der Waals surface area contributed by atoms with E-state index in [1.54, 1.807) is 0 Å². The molecule has 88 valence electrons. The molecule has 0 saturated carbocycles. The molecule has 0 radical (unpaired) electrons. The van der Waals surface area contributed by atoms with E-state index in [9.17, 15) is 4.79 Å². The topological polar surface area (TPSA) is 52.3 Å². The minimum absolute atomic E-state index is 0.142. The summed E-state index contributed by atoms with van der Waals surface area (Å²) < 4.78 is 5.06. The number of aryl methyl sites for hydroxylation is 1. The number of anilines is 1. The van der Waals surface area contributed by atoms with Gasteiger partial charge in [-0.3, -0.25) is 4.79 Å². The Labute approximate surface area is 96.6 Å². The predicted molar refractivity (Wildman–Crippen MR) is 65.0 cm³/mol. The molecular formula is C13H19NO2. The molecule has 0 spiro atoms. The number of benzene rings is 1. The van der Waals surface area contributed by atoms with Crippen molar-refractivity contribution in [2.45, 2.75) is 32.6 Å². The van der Waals surface area contributed by atoms with E-state index in [1.807, 2.05) is 24.3 Å². The number of esters is 1. The van der Waals surface area contributed by atoms with Crippen LogP contribution in [0.4, 0.5) is 5.69 Å². The van der Waals surface area contributed by atoms with E-state index in [1.165, 1.54) is 0 Å². The van der Waals surface area contributed by atoms with E-state index in [2.05, 4.69) is 6.92 Å². The van der Waals surface area contributed by atoms with Crippen molar-refractivity contribution in [1.82, 2.24) is 0 Å². The van der Waals surface area contributed by atoms with Gasteiger partial charge in [0.1, 0.15) is 0 Å². The number of unbranched alkanes of at least 4 members (excludes halogenated alkanes) is 1. The molecule has 1 aromatic carbocycles. The van der Waals surface area contributed by atoms with Crippen LogP contribution < -0.4 is 5.73 Å². The Morgan fingerprint density at radius 2 is 2.12 bits per heavy atom. The van der Waals surface area contributed by atoms with Gasteiger partial charge in [0.25, 0.3) is 0 Å². The highest BCUT2D eigenvalue weighted by Crippen LogP contribution is 2.12. The molecule has 0 atom stereocenters. The average Bonchev–Trinajstić information content (AvgIpc) is 2.28. The molecule has 0 aliphatic rings. The van der Waals surface area contributed by atoms with Crippen molar-refractivity contribution < 1.29 is 9.53 Å². The summed E-state index contributed by atoms with van der Waals surface area (Å²) in [5.41, 5.74) is 7.53. The number of nitrogens with two attached hydrogens (primary N) is 1. The number of hydrogen-bond acceptors (Lipinski definition) is 3. The van der Waals surface area contributed by atoms with Crippen molar-refractivity contribution in [3.8, 4) is 0 Å². The lowest BCUT2D eigenvalue weighted by Crippen LogP contribution is -2.07. The summed E-state index contributed by atoms with van der Waals surface area (Å²) in [6, 6.07) is 7.60. The van der Waals surface area contributed by atoms with E-state index < -0.39 is 0 Å². The van der Waals surface area contributed by atoms with Crippen molar-refractivity contribution in [2.75, 3.05) is 12.3 Å². The van der Waals surface area contributed by atoms with Gasteiger partial charge in [-0.05, 0) is 24.5 Å². The first-order valence-corrected chi connectivity index (χ1v) is 5.73. The second-order valence-corrected chi connectivity index (χ2v) is 3.77. The molecule has 0 unspecified atom stereocenters. The van der Waals surface area contributed by atoms with Gasteiger partial charge in [0, 0.05) is 12.1 Å². The Bertz CT molecular complexity index is 336. The van der Waals surface area contributed by atoms with Crippen LogP contribution >= 0.6 is 0 Å².